The molecule has 2 saturated heterocycles. The molecule has 2 nitrogen and oxygen atoms in total. The Hall–Kier alpha value is -0.0800. The van der Waals surface area contributed by atoms with Gasteiger partial charge in [0.1, 0.15) is 0 Å². The molecule has 0 spiro atoms. The Kier molecular flexibility index (Phi) is 3.45. The highest BCUT2D eigenvalue weighted by Gasteiger charge is 2.29. The lowest BCUT2D eigenvalue weighted by Crippen LogP contribution is -2.57. The Morgan fingerprint density at radius 2 is 1.93 bits per heavy atom. The lowest BCUT2D eigenvalue weighted by atomic mass is 9.91. The molecule has 1 N–H and O–H groups in total. The summed E-state index contributed by atoms with van der Waals surface area (Å²) < 4.78 is 0. The van der Waals surface area contributed by atoms with Gasteiger partial charge in [-0.05, 0) is 51.7 Å². The van der Waals surface area contributed by atoms with Crippen LogP contribution < -0.4 is 5.32 Å². The molecule has 2 fully saturated rings. The lowest BCUT2D eigenvalue weighted by molar-refractivity contribution is 0.0955. The molecule has 0 aromatic heterocycles. The maximum Gasteiger partial charge on any atom is 0.0232 e. The van der Waals surface area contributed by atoms with E-state index < -0.39 is 0 Å². The quantitative estimate of drug-likeness (QED) is 0.741. The molecule has 2 aliphatic heterocycles. The summed E-state index contributed by atoms with van der Waals surface area (Å²) in [5, 5.41) is 3.53. The minimum absolute atomic E-state index is 0.765. The molecule has 2 unspecified atom stereocenters. The van der Waals surface area contributed by atoms with Crippen LogP contribution in [0.4, 0.5) is 0 Å². The Labute approximate surface area is 88.1 Å². The van der Waals surface area contributed by atoms with Crippen LogP contribution in [0, 0.1) is 5.92 Å². The first-order valence-corrected chi connectivity index (χ1v) is 6.28. The van der Waals surface area contributed by atoms with Gasteiger partial charge in [-0.15, -0.1) is 0 Å². The summed E-state index contributed by atoms with van der Waals surface area (Å²) in [7, 11) is 0. The maximum atomic E-state index is 3.53. The van der Waals surface area contributed by atoms with Crippen LogP contribution in [-0.4, -0.2) is 36.6 Å². The summed E-state index contributed by atoms with van der Waals surface area (Å²) in [5.41, 5.74) is 0. The van der Waals surface area contributed by atoms with Crippen molar-refractivity contribution in [1.82, 2.24) is 10.2 Å². The molecule has 2 heterocycles. The van der Waals surface area contributed by atoms with Crippen LogP contribution >= 0.6 is 0 Å². The van der Waals surface area contributed by atoms with Gasteiger partial charge in [-0.2, -0.15) is 0 Å². The van der Waals surface area contributed by atoms with Gasteiger partial charge in [0.05, 0.1) is 0 Å². The third kappa shape index (κ3) is 2.12. The van der Waals surface area contributed by atoms with Crippen LogP contribution in [0.15, 0.2) is 0 Å². The summed E-state index contributed by atoms with van der Waals surface area (Å²) in [6.07, 6.45) is 5.61. The van der Waals surface area contributed by atoms with E-state index >= 15 is 0 Å². The van der Waals surface area contributed by atoms with Gasteiger partial charge < -0.3 is 5.32 Å². The minimum atomic E-state index is 0.765. The van der Waals surface area contributed by atoms with Gasteiger partial charge in [-0.25, -0.2) is 0 Å². The van der Waals surface area contributed by atoms with Crippen LogP contribution in [0.1, 0.15) is 39.5 Å². The third-order valence-corrected chi connectivity index (χ3v) is 4.25. The van der Waals surface area contributed by atoms with Crippen LogP contribution in [-0.2, 0) is 0 Å². The van der Waals surface area contributed by atoms with E-state index in [0.717, 1.165) is 18.0 Å². The molecule has 0 bridgehead atoms. The number of rotatable bonds is 3. The molecule has 0 aromatic carbocycles. The number of hydrogen-bond acceptors (Lipinski definition) is 2. The van der Waals surface area contributed by atoms with E-state index in [1.54, 1.807) is 0 Å². The van der Waals surface area contributed by atoms with E-state index in [-0.39, 0.29) is 0 Å². The second-order valence-electron chi connectivity index (χ2n) is 4.98. The normalized spacial score (nSPS) is 32.6. The number of nitrogens with one attached hydrogen (secondary N) is 1. The van der Waals surface area contributed by atoms with Crippen LogP contribution in [0.5, 0.6) is 0 Å². The smallest absolute Gasteiger partial charge is 0.0232 e. The summed E-state index contributed by atoms with van der Waals surface area (Å²) in [5.74, 6) is 1.01. The van der Waals surface area contributed by atoms with E-state index in [0.29, 0.717) is 0 Å². The van der Waals surface area contributed by atoms with Gasteiger partial charge in [0.15, 0.2) is 0 Å². The molecule has 0 aromatic rings. The van der Waals surface area contributed by atoms with E-state index in [4.69, 9.17) is 0 Å². The average molecular weight is 196 g/mol. The second-order valence-corrected chi connectivity index (χ2v) is 4.98. The zero-order valence-corrected chi connectivity index (χ0v) is 9.63. The van der Waals surface area contributed by atoms with Gasteiger partial charge in [0.2, 0.25) is 0 Å². The summed E-state index contributed by atoms with van der Waals surface area (Å²) >= 11 is 0. The Bertz CT molecular complexity index is 169. The predicted octanol–water partition coefficient (Wildman–Crippen LogP) is 1.86. The first kappa shape index (κ1) is 10.4. The van der Waals surface area contributed by atoms with Crippen molar-refractivity contribution in [3.63, 3.8) is 0 Å². The Balaban J connectivity index is 1.76. The number of likely N-dealkylation sites (tertiary alicyclic amines) is 1. The van der Waals surface area contributed by atoms with Crippen molar-refractivity contribution in [3.05, 3.63) is 0 Å². The summed E-state index contributed by atoms with van der Waals surface area (Å²) in [6, 6.07) is 1.55. The zero-order valence-electron chi connectivity index (χ0n) is 9.63. The summed E-state index contributed by atoms with van der Waals surface area (Å²) in [6.45, 7) is 8.62. The first-order valence-electron chi connectivity index (χ1n) is 6.28. The molecule has 2 atom stereocenters. The number of nitrogens with zero attached hydrogens (tertiary/aromatic N) is 1. The molecule has 0 amide bonds. The number of piperidine rings is 1. The van der Waals surface area contributed by atoms with E-state index in [9.17, 15) is 0 Å². The Morgan fingerprint density at radius 1 is 1.29 bits per heavy atom. The van der Waals surface area contributed by atoms with Crippen LogP contribution in [0.25, 0.3) is 0 Å². The van der Waals surface area contributed by atoms with Gasteiger partial charge >= 0.3 is 0 Å². The highest BCUT2D eigenvalue weighted by molar-refractivity contribution is 4.89. The molecule has 14 heavy (non-hydrogen) atoms. The third-order valence-electron chi connectivity index (χ3n) is 4.25. The predicted molar refractivity (Wildman–Crippen MR) is 60.5 cm³/mol. The molecular weight excluding hydrogens is 172 g/mol. The topological polar surface area (TPSA) is 15.3 Å². The molecule has 0 radical (unpaired) electrons. The second kappa shape index (κ2) is 4.63. The standard InChI is InChI=1S/C12H24N2/c1-3-11-5-8-14(9-6-11)10(2)12-4-7-13-12/h10-13H,3-9H2,1-2H3. The van der Waals surface area contributed by atoms with Gasteiger partial charge in [0, 0.05) is 12.1 Å². The van der Waals surface area contributed by atoms with Crippen molar-refractivity contribution in [3.8, 4) is 0 Å². The highest BCUT2D eigenvalue weighted by atomic mass is 15.2. The van der Waals surface area contributed by atoms with Gasteiger partial charge in [-0.1, -0.05) is 13.3 Å². The van der Waals surface area contributed by atoms with Crippen LogP contribution in [0.3, 0.4) is 0 Å². The fourth-order valence-corrected chi connectivity index (χ4v) is 2.75. The van der Waals surface area contributed by atoms with E-state index in [2.05, 4.69) is 24.1 Å². The summed E-state index contributed by atoms with van der Waals surface area (Å²) in [4.78, 5) is 2.68. The molecule has 2 rings (SSSR count). The van der Waals surface area contributed by atoms with Gasteiger partial charge in [0.25, 0.3) is 0 Å². The van der Waals surface area contributed by atoms with Crippen molar-refractivity contribution < 1.29 is 0 Å². The lowest BCUT2D eigenvalue weighted by Gasteiger charge is -2.43. The van der Waals surface area contributed by atoms with Crippen molar-refractivity contribution in [2.45, 2.75) is 51.6 Å². The fraction of sp³-hybridized carbons (Fsp3) is 1.00. The van der Waals surface area contributed by atoms with Crippen molar-refractivity contribution in [2.75, 3.05) is 19.6 Å². The molecule has 2 heteroatoms. The SMILES string of the molecule is CCC1CCN(C(C)C2CCN2)CC1. The first-order chi connectivity index (χ1) is 6.81. The molecule has 82 valence electrons. The van der Waals surface area contributed by atoms with Crippen molar-refractivity contribution >= 4 is 0 Å². The molecule has 0 saturated carbocycles. The number of hydrogen-bond donors (Lipinski definition) is 1. The fourth-order valence-electron chi connectivity index (χ4n) is 2.75. The van der Waals surface area contributed by atoms with Crippen LogP contribution in [0.2, 0.25) is 0 Å². The Morgan fingerprint density at radius 3 is 2.36 bits per heavy atom. The highest BCUT2D eigenvalue weighted by Crippen LogP contribution is 2.23. The maximum absolute atomic E-state index is 3.53. The monoisotopic (exact) mass is 196 g/mol. The zero-order chi connectivity index (χ0) is 9.97. The minimum Gasteiger partial charge on any atom is -0.312 e. The van der Waals surface area contributed by atoms with E-state index in [1.807, 2.05) is 0 Å². The molecular formula is C12H24N2. The average Bonchev–Trinajstić information content (AvgIpc) is 2.15. The largest absolute Gasteiger partial charge is 0.312 e. The molecule has 0 aliphatic carbocycles. The van der Waals surface area contributed by atoms with E-state index in [1.165, 1.54) is 45.3 Å². The van der Waals surface area contributed by atoms with Crippen molar-refractivity contribution in [1.29, 1.82) is 0 Å². The molecule has 2 aliphatic rings. The van der Waals surface area contributed by atoms with Gasteiger partial charge in [-0.3, -0.25) is 4.90 Å². The van der Waals surface area contributed by atoms with Crippen molar-refractivity contribution in [2.24, 2.45) is 5.92 Å².